The first kappa shape index (κ1) is 17.3. The highest BCUT2D eigenvalue weighted by Gasteiger charge is 2.11. The molecule has 1 fully saturated rings. The van der Waals surface area contributed by atoms with Crippen LogP contribution in [0.1, 0.15) is 39.0 Å². The minimum Gasteiger partial charge on any atom is -0.505 e. The standard InChI is InChI=1S/C10H7F3O.C7H14/c1-3-6(11)8-5(2)4-7(14)9(12)10(8)13;1-7-5-3-2-4-6-7/h3-4,14H,1-2H2;7H,2-6H2,1H3/b8-6-;. The van der Waals surface area contributed by atoms with Crippen LogP contribution in [-0.2, 0) is 0 Å². The lowest BCUT2D eigenvalue weighted by Crippen LogP contribution is -2.29. The molecule has 0 saturated heterocycles. The van der Waals surface area contributed by atoms with E-state index in [9.17, 15) is 13.2 Å². The summed E-state index contributed by atoms with van der Waals surface area (Å²) in [7, 11) is 0. The third-order valence-corrected chi connectivity index (χ3v) is 3.58. The second kappa shape index (κ2) is 7.91. The highest BCUT2D eigenvalue weighted by atomic mass is 19.2. The van der Waals surface area contributed by atoms with Gasteiger partial charge in [0.15, 0.2) is 11.6 Å². The molecule has 0 spiro atoms. The Morgan fingerprint density at radius 2 is 1.81 bits per heavy atom. The molecule has 0 heterocycles. The SMILES string of the molecule is C=C/C(F)=c1/c(F)c(F)c(O)cc1=C.CC1CCCCC1. The zero-order valence-corrected chi connectivity index (χ0v) is 12.3. The molecular weight excluding hydrogens is 277 g/mol. The van der Waals surface area contributed by atoms with Crippen LogP contribution in [-0.4, -0.2) is 5.11 Å². The van der Waals surface area contributed by atoms with E-state index in [-0.39, 0.29) is 5.22 Å². The molecule has 0 atom stereocenters. The maximum absolute atomic E-state index is 13.1. The molecule has 1 N–H and O–H groups in total. The van der Waals surface area contributed by atoms with E-state index in [1.807, 2.05) is 0 Å². The predicted molar refractivity (Wildman–Crippen MR) is 79.8 cm³/mol. The van der Waals surface area contributed by atoms with Crippen molar-refractivity contribution in [2.75, 3.05) is 0 Å². The predicted octanol–water partition coefficient (Wildman–Crippen LogP) is 3.93. The number of aromatic hydroxyl groups is 1. The summed E-state index contributed by atoms with van der Waals surface area (Å²) in [6, 6.07) is 0.844. The van der Waals surface area contributed by atoms with Gasteiger partial charge in [-0.1, -0.05) is 52.2 Å². The molecule has 1 aliphatic carbocycles. The van der Waals surface area contributed by atoms with Crippen LogP contribution in [0.25, 0.3) is 12.4 Å². The lowest BCUT2D eigenvalue weighted by molar-refractivity contribution is 0.385. The summed E-state index contributed by atoms with van der Waals surface area (Å²) >= 11 is 0. The molecule has 2 rings (SSSR count). The van der Waals surface area contributed by atoms with Crippen molar-refractivity contribution >= 4 is 12.4 Å². The van der Waals surface area contributed by atoms with Gasteiger partial charge in [0.2, 0.25) is 5.82 Å². The van der Waals surface area contributed by atoms with Gasteiger partial charge in [-0.15, -0.1) is 0 Å². The number of benzene rings is 1. The van der Waals surface area contributed by atoms with Crippen LogP contribution in [0, 0.1) is 17.6 Å². The van der Waals surface area contributed by atoms with Gasteiger partial charge >= 0.3 is 0 Å². The van der Waals surface area contributed by atoms with Gasteiger partial charge in [-0.05, 0) is 23.3 Å². The van der Waals surface area contributed by atoms with Crippen LogP contribution in [0.5, 0.6) is 5.75 Å². The van der Waals surface area contributed by atoms with Crippen LogP contribution in [0.4, 0.5) is 13.2 Å². The fourth-order valence-electron chi connectivity index (χ4n) is 2.33. The summed E-state index contributed by atoms with van der Waals surface area (Å²) in [6.07, 6.45) is 8.18. The van der Waals surface area contributed by atoms with Crippen LogP contribution in [0.15, 0.2) is 18.7 Å². The lowest BCUT2D eigenvalue weighted by Gasteiger charge is -2.15. The Morgan fingerprint density at radius 1 is 1.24 bits per heavy atom. The van der Waals surface area contributed by atoms with Crippen molar-refractivity contribution in [1.29, 1.82) is 0 Å². The molecule has 1 nitrogen and oxygen atoms in total. The Morgan fingerprint density at radius 3 is 2.24 bits per heavy atom. The molecule has 0 unspecified atom stereocenters. The normalized spacial score (nSPS) is 16.8. The number of allylic oxidation sites excluding steroid dienone is 1. The summed E-state index contributed by atoms with van der Waals surface area (Å²) in [5, 5.41) is 8.09. The van der Waals surface area contributed by atoms with Crippen molar-refractivity contribution in [3.8, 4) is 5.75 Å². The molecule has 4 heteroatoms. The Bertz CT molecular complexity index is 601. The molecule has 1 aliphatic rings. The molecule has 0 bridgehead atoms. The average molecular weight is 298 g/mol. The monoisotopic (exact) mass is 298 g/mol. The second-order valence-corrected chi connectivity index (χ2v) is 5.35. The van der Waals surface area contributed by atoms with Gasteiger partial charge in [0.25, 0.3) is 0 Å². The number of hydrogen-bond acceptors (Lipinski definition) is 1. The fraction of sp³-hybridized carbons (Fsp3) is 0.412. The Kier molecular flexibility index (Phi) is 6.53. The quantitative estimate of drug-likeness (QED) is 0.833. The van der Waals surface area contributed by atoms with Crippen molar-refractivity contribution in [2.45, 2.75) is 39.0 Å². The highest BCUT2D eigenvalue weighted by molar-refractivity contribution is 5.49. The van der Waals surface area contributed by atoms with Gasteiger partial charge in [0.05, 0.1) is 5.22 Å². The van der Waals surface area contributed by atoms with E-state index in [1.165, 1.54) is 32.1 Å². The van der Waals surface area contributed by atoms with Gasteiger partial charge in [-0.3, -0.25) is 0 Å². The topological polar surface area (TPSA) is 20.2 Å². The number of phenols is 1. The number of halogens is 3. The molecule has 116 valence electrons. The van der Waals surface area contributed by atoms with Gasteiger partial charge in [0.1, 0.15) is 5.83 Å². The van der Waals surface area contributed by atoms with E-state index in [4.69, 9.17) is 5.11 Å². The van der Waals surface area contributed by atoms with Crippen LogP contribution < -0.4 is 10.4 Å². The van der Waals surface area contributed by atoms with E-state index >= 15 is 0 Å². The van der Waals surface area contributed by atoms with E-state index in [2.05, 4.69) is 20.1 Å². The van der Waals surface area contributed by atoms with Crippen LogP contribution in [0.3, 0.4) is 0 Å². The summed E-state index contributed by atoms with van der Waals surface area (Å²) < 4.78 is 38.8. The van der Waals surface area contributed by atoms with Crippen LogP contribution >= 0.6 is 0 Å². The molecular formula is C17H21F3O. The molecule has 1 aromatic carbocycles. The molecule has 0 aliphatic heterocycles. The van der Waals surface area contributed by atoms with Crippen molar-refractivity contribution < 1.29 is 18.3 Å². The minimum atomic E-state index is -1.50. The zero-order chi connectivity index (χ0) is 16.0. The fourth-order valence-corrected chi connectivity index (χ4v) is 2.33. The first-order valence-corrected chi connectivity index (χ1v) is 7.06. The van der Waals surface area contributed by atoms with Crippen molar-refractivity contribution in [3.63, 3.8) is 0 Å². The summed E-state index contributed by atoms with van der Waals surface area (Å²) in [6.45, 7) is 8.72. The zero-order valence-electron chi connectivity index (χ0n) is 12.3. The number of rotatable bonds is 1. The van der Waals surface area contributed by atoms with Crippen LogP contribution in [0.2, 0.25) is 0 Å². The summed E-state index contributed by atoms with van der Waals surface area (Å²) in [5.74, 6) is -3.84. The summed E-state index contributed by atoms with van der Waals surface area (Å²) in [5.41, 5.74) is 0. The van der Waals surface area contributed by atoms with E-state index in [0.717, 1.165) is 18.1 Å². The Hall–Kier alpha value is -1.71. The third kappa shape index (κ3) is 4.66. The van der Waals surface area contributed by atoms with Crippen molar-refractivity contribution in [3.05, 3.63) is 40.8 Å². The summed E-state index contributed by atoms with van der Waals surface area (Å²) in [4.78, 5) is 0. The molecule has 0 aromatic heterocycles. The minimum absolute atomic E-state index is 0.140. The molecule has 0 radical (unpaired) electrons. The molecule has 1 saturated carbocycles. The van der Waals surface area contributed by atoms with E-state index in [0.29, 0.717) is 0 Å². The van der Waals surface area contributed by atoms with Gasteiger partial charge in [-0.25, -0.2) is 8.78 Å². The van der Waals surface area contributed by atoms with Crippen molar-refractivity contribution in [1.82, 2.24) is 0 Å². The molecule has 21 heavy (non-hydrogen) atoms. The highest BCUT2D eigenvalue weighted by Crippen LogP contribution is 2.22. The maximum atomic E-state index is 13.1. The maximum Gasteiger partial charge on any atom is 0.201 e. The van der Waals surface area contributed by atoms with E-state index < -0.39 is 28.4 Å². The Balaban J connectivity index is 0.000000262. The van der Waals surface area contributed by atoms with Gasteiger partial charge < -0.3 is 5.11 Å². The molecule has 1 aromatic rings. The third-order valence-electron chi connectivity index (χ3n) is 3.58. The largest absolute Gasteiger partial charge is 0.505 e. The van der Waals surface area contributed by atoms with Gasteiger partial charge in [0, 0.05) is 0 Å². The number of hydrogen-bond donors (Lipinski definition) is 1. The first-order chi connectivity index (χ1) is 9.88. The Labute approximate surface area is 123 Å². The average Bonchev–Trinajstić information content (AvgIpc) is 2.46. The number of phenolic OH excluding ortho intramolecular Hbond substituents is 1. The smallest absolute Gasteiger partial charge is 0.201 e. The first-order valence-electron chi connectivity index (χ1n) is 7.06. The molecule has 0 amide bonds. The lowest BCUT2D eigenvalue weighted by atomic mass is 9.91. The van der Waals surface area contributed by atoms with Gasteiger partial charge in [-0.2, -0.15) is 4.39 Å². The second-order valence-electron chi connectivity index (χ2n) is 5.35. The van der Waals surface area contributed by atoms with Crippen molar-refractivity contribution in [2.24, 2.45) is 5.92 Å². The van der Waals surface area contributed by atoms with E-state index in [1.54, 1.807) is 0 Å².